The van der Waals surface area contributed by atoms with Crippen molar-refractivity contribution in [1.29, 1.82) is 0 Å². The van der Waals surface area contributed by atoms with Crippen LogP contribution in [0.3, 0.4) is 0 Å². The number of aryl methyl sites for hydroxylation is 2. The van der Waals surface area contributed by atoms with Crippen LogP contribution in [-0.4, -0.2) is 15.5 Å². The van der Waals surface area contributed by atoms with Crippen LogP contribution >= 0.6 is 0 Å². The Bertz CT molecular complexity index is 2360. The number of hydrogen-bond acceptors (Lipinski definition) is 0. The van der Waals surface area contributed by atoms with E-state index in [1.165, 1.54) is 82.0 Å². The van der Waals surface area contributed by atoms with Crippen LogP contribution < -0.4 is 0 Å². The van der Waals surface area contributed by atoms with Crippen LogP contribution in [0.25, 0.3) is 65.3 Å². The number of benzene rings is 7. The average Bonchev–Trinajstić information content (AvgIpc) is 3.86. The summed E-state index contributed by atoms with van der Waals surface area (Å²) in [7, 11) is 1.73. The Hall–Kier alpha value is -4.92. The summed E-state index contributed by atoms with van der Waals surface area (Å²) in [5, 5.41) is 10.7. The van der Waals surface area contributed by atoms with Gasteiger partial charge in [-0.05, 0) is 45.5 Å². The minimum atomic E-state index is 0. The van der Waals surface area contributed by atoms with Gasteiger partial charge in [-0.1, -0.05) is 138 Å². The van der Waals surface area contributed by atoms with Gasteiger partial charge in [0, 0.05) is 0 Å². The molecule has 0 nitrogen and oxygen atoms in total. The van der Waals surface area contributed by atoms with Gasteiger partial charge in [0.15, 0.2) is 0 Å². The van der Waals surface area contributed by atoms with Crippen molar-refractivity contribution in [2.24, 2.45) is 0 Å². The third-order valence-corrected chi connectivity index (χ3v) is 9.98. The molecule has 0 amide bonds. The van der Waals surface area contributed by atoms with Gasteiger partial charge in [0.2, 0.25) is 0 Å². The maximum atomic E-state index is 3.25. The standard InChI is InChI=1S/2C21H17.C7H7Si.C2H5.Ti/c2*1-2-15-13-17-9-6-12-20(21(17)14-15)19-11-5-8-16-7-3-4-10-18(16)19;8-6-7-4-2-1-3-5-7;1-2;/h2*3-14H,2H2,1H3;1-5H,8H2;1H2,2H3;/q4*-1;+4. The summed E-state index contributed by atoms with van der Waals surface area (Å²) < 4.78 is 0. The third kappa shape index (κ3) is 9.00. The molecule has 0 atom stereocenters. The molecule has 0 spiro atoms. The minimum absolute atomic E-state index is 0. The van der Waals surface area contributed by atoms with Gasteiger partial charge in [0.1, 0.15) is 0 Å². The predicted molar refractivity (Wildman–Crippen MR) is 234 cm³/mol. The molecule has 258 valence electrons. The van der Waals surface area contributed by atoms with Gasteiger partial charge in [-0.3, -0.25) is 0 Å². The quantitative estimate of drug-likeness (QED) is 0.122. The molecule has 0 aliphatic carbocycles. The smallest absolute Gasteiger partial charge is 0.346 e. The summed E-state index contributed by atoms with van der Waals surface area (Å²) in [6.45, 7) is 9.43. The van der Waals surface area contributed by atoms with Crippen molar-refractivity contribution >= 4 is 58.6 Å². The Labute approximate surface area is 333 Å². The van der Waals surface area contributed by atoms with Crippen LogP contribution in [-0.2, 0) is 34.6 Å². The summed E-state index contributed by atoms with van der Waals surface area (Å²) in [6, 6.07) is 63.0. The van der Waals surface area contributed by atoms with Gasteiger partial charge in [-0.15, -0.1) is 81.2 Å². The first kappa shape index (κ1) is 39.3. The summed E-state index contributed by atoms with van der Waals surface area (Å²) in [5.74, 6) is 0. The Morgan fingerprint density at radius 2 is 0.811 bits per heavy atom. The second kappa shape index (κ2) is 19.2. The van der Waals surface area contributed by atoms with Crippen LogP contribution in [0.15, 0.2) is 176 Å². The first-order valence-corrected chi connectivity index (χ1v) is 19.0. The van der Waals surface area contributed by atoms with Crippen molar-refractivity contribution in [3.8, 4) is 22.3 Å². The third-order valence-electron chi connectivity index (χ3n) is 9.57. The van der Waals surface area contributed by atoms with Gasteiger partial charge in [0.25, 0.3) is 0 Å². The van der Waals surface area contributed by atoms with Crippen molar-refractivity contribution in [1.82, 2.24) is 0 Å². The van der Waals surface area contributed by atoms with Gasteiger partial charge >= 0.3 is 21.7 Å². The maximum Gasteiger partial charge on any atom is 4.00 e. The van der Waals surface area contributed by atoms with E-state index in [-0.39, 0.29) is 21.7 Å². The van der Waals surface area contributed by atoms with Crippen LogP contribution in [0.4, 0.5) is 0 Å². The van der Waals surface area contributed by atoms with Gasteiger partial charge in [-0.25, -0.2) is 0 Å². The van der Waals surface area contributed by atoms with Crippen LogP contribution in [0.2, 0.25) is 0 Å². The molecule has 53 heavy (non-hydrogen) atoms. The molecule has 9 rings (SSSR count). The van der Waals surface area contributed by atoms with E-state index in [1.807, 2.05) is 30.3 Å². The van der Waals surface area contributed by atoms with Crippen molar-refractivity contribution in [2.75, 3.05) is 0 Å². The first-order chi connectivity index (χ1) is 25.7. The molecule has 9 aromatic carbocycles. The Balaban J connectivity index is 0.000000161. The summed E-state index contributed by atoms with van der Waals surface area (Å²) in [4.78, 5) is 0. The van der Waals surface area contributed by atoms with Crippen molar-refractivity contribution in [3.05, 3.63) is 200 Å². The summed E-state index contributed by atoms with van der Waals surface area (Å²) >= 11 is 0. The molecule has 0 saturated carbocycles. The van der Waals surface area contributed by atoms with E-state index in [4.69, 9.17) is 0 Å². The van der Waals surface area contributed by atoms with E-state index in [2.05, 4.69) is 172 Å². The van der Waals surface area contributed by atoms with E-state index in [9.17, 15) is 0 Å². The van der Waals surface area contributed by atoms with Gasteiger partial charge in [0.05, 0.1) is 0 Å². The summed E-state index contributed by atoms with van der Waals surface area (Å²) in [5.41, 5.74) is 12.4. The fourth-order valence-electron chi connectivity index (χ4n) is 6.95. The van der Waals surface area contributed by atoms with E-state index >= 15 is 0 Å². The van der Waals surface area contributed by atoms with Gasteiger partial charge in [-0.2, -0.15) is 42.4 Å². The second-order valence-corrected chi connectivity index (χ2v) is 13.0. The van der Waals surface area contributed by atoms with Gasteiger partial charge < -0.3 is 6.92 Å². The molecular formula is C51H46SiTi. The largest absolute Gasteiger partial charge is 4.00 e. The Morgan fingerprint density at radius 1 is 0.453 bits per heavy atom. The van der Waals surface area contributed by atoms with E-state index in [0.29, 0.717) is 0 Å². The molecule has 0 N–H and O–H groups in total. The van der Waals surface area contributed by atoms with E-state index < -0.39 is 0 Å². The molecule has 0 unspecified atom stereocenters. The fourth-order valence-corrected chi connectivity index (χ4v) is 7.18. The molecule has 0 heterocycles. The SMILES string of the molecule is CCc1cc2c(-c3cccc4ccccc34)cccc2[cH-]1.CCc1cc2c(-c3cccc4ccccc34)cccc2[cH-]1.[CH2-]C.[SiH2]=[C-]c1ccccc1.[Ti+4]. The van der Waals surface area contributed by atoms with Crippen LogP contribution in [0.1, 0.15) is 37.5 Å². The zero-order valence-electron chi connectivity index (χ0n) is 31.1. The normalized spacial score (nSPS) is 10.3. The van der Waals surface area contributed by atoms with Crippen molar-refractivity contribution in [3.63, 3.8) is 0 Å². The molecule has 0 fully saturated rings. The predicted octanol–water partition coefficient (Wildman–Crippen LogP) is 13.1. The molecule has 0 aliphatic rings. The van der Waals surface area contributed by atoms with Crippen LogP contribution in [0, 0.1) is 6.92 Å². The van der Waals surface area contributed by atoms with Crippen molar-refractivity contribution in [2.45, 2.75) is 33.6 Å². The molecule has 0 radical (unpaired) electrons. The summed E-state index contributed by atoms with van der Waals surface area (Å²) in [6.07, 6.45) is 2.17. The molecule has 0 aromatic heterocycles. The molecule has 9 aromatic rings. The van der Waals surface area contributed by atoms with E-state index in [0.717, 1.165) is 12.8 Å². The molecule has 0 bridgehead atoms. The maximum absolute atomic E-state index is 3.25. The molecule has 2 heteroatoms. The van der Waals surface area contributed by atoms with E-state index in [1.54, 1.807) is 16.8 Å². The minimum Gasteiger partial charge on any atom is -0.346 e. The Morgan fingerprint density at radius 3 is 1.21 bits per heavy atom. The topological polar surface area (TPSA) is 0 Å². The molecular weight excluding hydrogens is 689 g/mol. The second-order valence-electron chi connectivity index (χ2n) is 12.6. The monoisotopic (exact) mass is 734 g/mol. The number of fused-ring (bicyclic) bond motifs is 4. The first-order valence-electron chi connectivity index (χ1n) is 18.3. The zero-order chi connectivity index (χ0) is 36.3. The van der Waals surface area contributed by atoms with Crippen molar-refractivity contribution < 1.29 is 21.7 Å². The zero-order valence-corrected chi connectivity index (χ0v) is 34.0. The Kier molecular flexibility index (Phi) is 14.3. The fraction of sp³-hybridized carbons (Fsp3) is 0.0980. The molecule has 0 saturated heterocycles. The average molecular weight is 735 g/mol. The molecule has 0 aliphatic heterocycles. The number of hydrogen-bond donors (Lipinski definition) is 0. The number of rotatable bonds is 5. The van der Waals surface area contributed by atoms with Crippen LogP contribution in [0.5, 0.6) is 0 Å².